The average molecular weight is 309 g/mol. The van der Waals surface area contributed by atoms with Gasteiger partial charge in [-0.15, -0.1) is 0 Å². The monoisotopic (exact) mass is 309 g/mol. The van der Waals surface area contributed by atoms with E-state index in [-0.39, 0.29) is 12.2 Å². The van der Waals surface area contributed by atoms with Crippen LogP contribution in [0, 0.1) is 18.3 Å². The van der Waals surface area contributed by atoms with Crippen molar-refractivity contribution in [3.8, 4) is 11.8 Å². The lowest BCUT2D eigenvalue weighted by atomic mass is 10.2. The third-order valence-electron chi connectivity index (χ3n) is 3.24. The molecule has 7 heteroatoms. The van der Waals surface area contributed by atoms with E-state index >= 15 is 0 Å². The lowest BCUT2D eigenvalue weighted by molar-refractivity contribution is 0.0697. The molecule has 0 unspecified atom stereocenters. The fourth-order valence-electron chi connectivity index (χ4n) is 2.11. The predicted molar refractivity (Wildman–Crippen MR) is 79.0 cm³/mol. The molecule has 23 heavy (non-hydrogen) atoms. The Hall–Kier alpha value is -3.40. The third-order valence-corrected chi connectivity index (χ3v) is 3.24. The Morgan fingerprint density at radius 2 is 2.26 bits per heavy atom. The van der Waals surface area contributed by atoms with E-state index in [0.29, 0.717) is 34.0 Å². The summed E-state index contributed by atoms with van der Waals surface area (Å²) >= 11 is 0. The van der Waals surface area contributed by atoms with Crippen LogP contribution < -0.4 is 4.74 Å². The number of carboxylic acid groups (broad SMARTS) is 1. The number of nitrogens with zero attached hydrogens (tertiary/aromatic N) is 3. The number of fused-ring (bicyclic) bond motifs is 1. The van der Waals surface area contributed by atoms with Crippen molar-refractivity contribution in [1.29, 1.82) is 5.26 Å². The topological polar surface area (TPSA) is 109 Å². The van der Waals surface area contributed by atoms with E-state index in [1.807, 2.05) is 6.07 Å². The Kier molecular flexibility index (Phi) is 3.65. The number of aromatic nitrogens is 2. The van der Waals surface area contributed by atoms with Gasteiger partial charge in [0, 0.05) is 6.20 Å². The van der Waals surface area contributed by atoms with Gasteiger partial charge in [0.25, 0.3) is 0 Å². The molecule has 0 atom stereocenters. The van der Waals surface area contributed by atoms with Crippen LogP contribution in [0.25, 0.3) is 11.1 Å². The van der Waals surface area contributed by atoms with E-state index in [0.717, 1.165) is 0 Å². The van der Waals surface area contributed by atoms with Gasteiger partial charge < -0.3 is 14.3 Å². The summed E-state index contributed by atoms with van der Waals surface area (Å²) in [5.74, 6) is -0.346. The van der Waals surface area contributed by atoms with Crippen molar-refractivity contribution < 1.29 is 19.1 Å². The Labute approximate surface area is 130 Å². The second kappa shape index (κ2) is 5.77. The first-order valence-electron chi connectivity index (χ1n) is 6.70. The molecule has 0 bridgehead atoms. The minimum absolute atomic E-state index is 0.0230. The van der Waals surface area contributed by atoms with Crippen LogP contribution in [0.4, 0.5) is 0 Å². The highest BCUT2D eigenvalue weighted by Crippen LogP contribution is 2.22. The average Bonchev–Trinajstić information content (AvgIpc) is 2.94. The van der Waals surface area contributed by atoms with Crippen LogP contribution in [0.2, 0.25) is 0 Å². The van der Waals surface area contributed by atoms with Crippen molar-refractivity contribution in [2.75, 3.05) is 0 Å². The molecule has 0 aliphatic carbocycles. The highest BCUT2D eigenvalue weighted by atomic mass is 16.5. The summed E-state index contributed by atoms with van der Waals surface area (Å²) in [5.41, 5.74) is 1.97. The first-order valence-corrected chi connectivity index (χ1v) is 6.70. The van der Waals surface area contributed by atoms with Gasteiger partial charge in [-0.2, -0.15) is 5.26 Å². The predicted octanol–water partition coefficient (Wildman–Crippen LogP) is 2.68. The lowest BCUT2D eigenvalue weighted by Crippen LogP contribution is -1.99. The number of carbonyl (C=O) groups is 1. The molecule has 3 rings (SSSR count). The highest BCUT2D eigenvalue weighted by Gasteiger charge is 2.12. The van der Waals surface area contributed by atoms with E-state index in [1.54, 1.807) is 25.3 Å². The van der Waals surface area contributed by atoms with Gasteiger partial charge in [0.1, 0.15) is 22.9 Å². The first-order chi connectivity index (χ1) is 11.1. The quantitative estimate of drug-likeness (QED) is 0.788. The van der Waals surface area contributed by atoms with Gasteiger partial charge in [-0.25, -0.2) is 9.78 Å². The SMILES string of the molecule is Cc1nccc(OCc2nc3ccc(C(=O)O)cc3o2)c1C#N. The van der Waals surface area contributed by atoms with Crippen molar-refractivity contribution in [2.45, 2.75) is 13.5 Å². The summed E-state index contributed by atoms with van der Waals surface area (Å²) in [5, 5.41) is 18.1. The molecule has 7 nitrogen and oxygen atoms in total. The number of aromatic carboxylic acids is 1. The Balaban J connectivity index is 1.84. The summed E-state index contributed by atoms with van der Waals surface area (Å²) in [7, 11) is 0. The molecule has 1 N–H and O–H groups in total. The zero-order valence-electron chi connectivity index (χ0n) is 12.1. The Morgan fingerprint density at radius 3 is 3.00 bits per heavy atom. The zero-order chi connectivity index (χ0) is 16.4. The van der Waals surface area contributed by atoms with Crippen molar-refractivity contribution in [1.82, 2.24) is 9.97 Å². The van der Waals surface area contributed by atoms with E-state index in [9.17, 15) is 4.79 Å². The molecule has 0 radical (unpaired) electrons. The second-order valence-electron chi connectivity index (χ2n) is 4.77. The number of pyridine rings is 1. The van der Waals surface area contributed by atoms with Gasteiger partial charge >= 0.3 is 5.97 Å². The van der Waals surface area contributed by atoms with Crippen LogP contribution in [0.15, 0.2) is 34.9 Å². The van der Waals surface area contributed by atoms with Crippen LogP contribution in [0.1, 0.15) is 27.5 Å². The van der Waals surface area contributed by atoms with E-state index < -0.39 is 5.97 Å². The molecule has 0 spiro atoms. The summed E-state index contributed by atoms with van der Waals surface area (Å²) < 4.78 is 11.1. The lowest BCUT2D eigenvalue weighted by Gasteiger charge is -2.06. The van der Waals surface area contributed by atoms with E-state index in [2.05, 4.69) is 9.97 Å². The molecule has 0 aliphatic heterocycles. The second-order valence-corrected chi connectivity index (χ2v) is 4.77. The molecule has 0 aliphatic rings. The van der Waals surface area contributed by atoms with Crippen LogP contribution in [0.3, 0.4) is 0 Å². The van der Waals surface area contributed by atoms with Gasteiger partial charge in [0.05, 0.1) is 11.3 Å². The molecule has 0 saturated carbocycles. The maximum Gasteiger partial charge on any atom is 0.335 e. The summed E-state index contributed by atoms with van der Waals surface area (Å²) in [4.78, 5) is 19.2. The largest absolute Gasteiger partial charge is 0.482 e. The van der Waals surface area contributed by atoms with E-state index in [1.165, 1.54) is 12.1 Å². The molecule has 0 amide bonds. The van der Waals surface area contributed by atoms with Gasteiger partial charge in [0.15, 0.2) is 12.2 Å². The van der Waals surface area contributed by atoms with Crippen molar-refractivity contribution in [3.63, 3.8) is 0 Å². The van der Waals surface area contributed by atoms with Crippen LogP contribution in [-0.4, -0.2) is 21.0 Å². The molecule has 2 heterocycles. The fraction of sp³-hybridized carbons (Fsp3) is 0.125. The van der Waals surface area contributed by atoms with Crippen LogP contribution >= 0.6 is 0 Å². The molecule has 114 valence electrons. The van der Waals surface area contributed by atoms with Gasteiger partial charge in [-0.3, -0.25) is 4.98 Å². The van der Waals surface area contributed by atoms with Gasteiger partial charge in [-0.1, -0.05) is 0 Å². The number of nitriles is 1. The normalized spacial score (nSPS) is 10.4. The first kappa shape index (κ1) is 14.5. The minimum Gasteiger partial charge on any atom is -0.482 e. The van der Waals surface area contributed by atoms with Gasteiger partial charge in [0.2, 0.25) is 5.89 Å². The van der Waals surface area contributed by atoms with Crippen molar-refractivity contribution in [3.05, 3.63) is 53.2 Å². The molecule has 0 fully saturated rings. The van der Waals surface area contributed by atoms with Crippen LogP contribution in [0.5, 0.6) is 5.75 Å². The maximum atomic E-state index is 10.9. The number of carboxylic acids is 1. The Morgan fingerprint density at radius 1 is 1.43 bits per heavy atom. The number of ether oxygens (including phenoxy) is 1. The number of hydrogen-bond donors (Lipinski definition) is 1. The molecule has 3 aromatic rings. The standard InChI is InChI=1S/C16H11N3O4/c1-9-11(7-17)13(4-5-18-9)22-8-15-19-12-3-2-10(16(20)21)6-14(12)23-15/h2-6H,8H2,1H3,(H,20,21). The smallest absolute Gasteiger partial charge is 0.335 e. The van der Waals surface area contributed by atoms with Gasteiger partial charge in [-0.05, 0) is 31.2 Å². The molecular weight excluding hydrogens is 298 g/mol. The number of benzene rings is 1. The number of rotatable bonds is 4. The summed E-state index contributed by atoms with van der Waals surface area (Å²) in [6, 6.07) is 8.07. The fourth-order valence-corrected chi connectivity index (χ4v) is 2.11. The minimum atomic E-state index is -1.04. The molecule has 2 aromatic heterocycles. The summed E-state index contributed by atoms with van der Waals surface area (Å²) in [6.07, 6.45) is 1.55. The van der Waals surface area contributed by atoms with Crippen molar-refractivity contribution >= 4 is 17.1 Å². The molecular formula is C16H11N3O4. The number of oxazole rings is 1. The van der Waals surface area contributed by atoms with Crippen LogP contribution in [-0.2, 0) is 6.61 Å². The highest BCUT2D eigenvalue weighted by molar-refractivity contribution is 5.91. The third kappa shape index (κ3) is 2.82. The van der Waals surface area contributed by atoms with Crippen molar-refractivity contribution in [2.24, 2.45) is 0 Å². The Bertz CT molecular complexity index is 940. The zero-order valence-corrected chi connectivity index (χ0v) is 12.1. The number of hydrogen-bond acceptors (Lipinski definition) is 6. The molecule has 0 saturated heterocycles. The number of aryl methyl sites for hydroxylation is 1. The van der Waals surface area contributed by atoms with E-state index in [4.69, 9.17) is 19.5 Å². The summed E-state index contributed by atoms with van der Waals surface area (Å²) in [6.45, 7) is 1.74. The maximum absolute atomic E-state index is 10.9. The molecule has 1 aromatic carbocycles.